The molecule has 0 spiro atoms. The molecule has 0 saturated carbocycles. The summed E-state index contributed by atoms with van der Waals surface area (Å²) in [6.45, 7) is 0. The van der Waals surface area contributed by atoms with E-state index in [-0.39, 0.29) is 5.63 Å². The Bertz CT molecular complexity index is 1040. The minimum absolute atomic E-state index is 0.357. The highest BCUT2D eigenvalue weighted by Gasteiger charge is 2.10. The molecule has 108 valence electrons. The van der Waals surface area contributed by atoms with Crippen LogP contribution in [0.4, 0.5) is 0 Å². The topological polar surface area (TPSA) is 44.4 Å². The summed E-state index contributed by atoms with van der Waals surface area (Å²) in [6, 6.07) is 16.9. The number of benzene rings is 2. The second-order valence-corrected chi connectivity index (χ2v) is 5.06. The van der Waals surface area contributed by atoms with Crippen LogP contribution in [0.5, 0.6) is 5.75 Å². The molecule has 0 aliphatic carbocycles. The number of aromatic nitrogens is 1. The van der Waals surface area contributed by atoms with Crippen LogP contribution in [0.15, 0.2) is 70.0 Å². The van der Waals surface area contributed by atoms with Gasteiger partial charge in [-0.25, -0.2) is 4.79 Å². The summed E-state index contributed by atoms with van der Waals surface area (Å²) in [7, 11) is 1.65. The van der Waals surface area contributed by atoms with E-state index in [0.29, 0.717) is 5.58 Å². The second-order valence-electron chi connectivity index (χ2n) is 5.06. The fraction of sp³-hybridized carbons (Fsp3) is 0.0556. The zero-order valence-electron chi connectivity index (χ0n) is 11.9. The molecular weight excluding hydrogens is 278 g/mol. The van der Waals surface area contributed by atoms with Crippen molar-refractivity contribution in [1.29, 1.82) is 0 Å². The minimum Gasteiger partial charge on any atom is -0.497 e. The first-order chi connectivity index (χ1) is 10.8. The molecule has 0 aliphatic rings. The van der Waals surface area contributed by atoms with Gasteiger partial charge in [0, 0.05) is 23.0 Å². The summed E-state index contributed by atoms with van der Waals surface area (Å²) in [4.78, 5) is 11.8. The van der Waals surface area contributed by atoms with E-state index in [2.05, 4.69) is 0 Å². The maximum Gasteiger partial charge on any atom is 0.338 e. The normalized spacial score (nSPS) is 11.1. The third kappa shape index (κ3) is 1.89. The van der Waals surface area contributed by atoms with Crippen LogP contribution in [0.1, 0.15) is 0 Å². The largest absolute Gasteiger partial charge is 0.497 e. The van der Waals surface area contributed by atoms with Crippen molar-refractivity contribution >= 4 is 21.9 Å². The van der Waals surface area contributed by atoms with Crippen molar-refractivity contribution in [2.75, 3.05) is 7.11 Å². The van der Waals surface area contributed by atoms with Gasteiger partial charge in [0.1, 0.15) is 11.3 Å². The lowest BCUT2D eigenvalue weighted by atomic mass is 10.2. The van der Waals surface area contributed by atoms with Gasteiger partial charge in [0.2, 0.25) is 0 Å². The SMILES string of the molecule is COc1ccc2c(ccn2-c2cc(=O)oc3ccccc23)c1. The fourth-order valence-corrected chi connectivity index (χ4v) is 2.75. The van der Waals surface area contributed by atoms with Gasteiger partial charge in [-0.15, -0.1) is 0 Å². The summed E-state index contributed by atoms with van der Waals surface area (Å²) < 4.78 is 12.5. The van der Waals surface area contributed by atoms with Crippen LogP contribution in [0.25, 0.3) is 27.6 Å². The fourth-order valence-electron chi connectivity index (χ4n) is 2.75. The Labute approximate surface area is 126 Å². The minimum atomic E-state index is -0.357. The van der Waals surface area contributed by atoms with Gasteiger partial charge in [0.25, 0.3) is 0 Å². The summed E-state index contributed by atoms with van der Waals surface area (Å²) in [5, 5.41) is 1.95. The van der Waals surface area contributed by atoms with Crippen LogP contribution < -0.4 is 10.4 Å². The first-order valence-electron chi connectivity index (χ1n) is 6.94. The number of rotatable bonds is 2. The van der Waals surface area contributed by atoms with Crippen molar-refractivity contribution in [3.05, 3.63) is 71.2 Å². The van der Waals surface area contributed by atoms with E-state index in [9.17, 15) is 4.79 Å². The summed E-state index contributed by atoms with van der Waals surface area (Å²) in [5.41, 5.74) is 2.05. The molecule has 4 nitrogen and oxygen atoms in total. The lowest BCUT2D eigenvalue weighted by Crippen LogP contribution is -2.02. The standard InChI is InChI=1S/C18H13NO3/c1-21-13-6-7-15-12(10-13)8-9-19(15)16-11-18(20)22-17-5-3-2-4-14(16)17/h2-11H,1H3. The molecule has 2 heterocycles. The van der Waals surface area contributed by atoms with Crippen molar-refractivity contribution in [3.8, 4) is 11.4 Å². The van der Waals surface area contributed by atoms with Crippen LogP contribution in [0.2, 0.25) is 0 Å². The first kappa shape index (κ1) is 12.7. The third-order valence-corrected chi connectivity index (χ3v) is 3.79. The predicted octanol–water partition coefficient (Wildman–Crippen LogP) is 3.75. The second kappa shape index (κ2) is 4.77. The van der Waals surface area contributed by atoms with Crippen LogP contribution in [-0.4, -0.2) is 11.7 Å². The number of fused-ring (bicyclic) bond motifs is 2. The maximum absolute atomic E-state index is 11.8. The molecule has 0 radical (unpaired) electrons. The van der Waals surface area contributed by atoms with Crippen LogP contribution in [0, 0.1) is 0 Å². The van der Waals surface area contributed by atoms with Crippen LogP contribution in [0.3, 0.4) is 0 Å². The number of para-hydroxylation sites is 1. The van der Waals surface area contributed by atoms with E-state index in [1.165, 1.54) is 6.07 Å². The molecule has 0 bridgehead atoms. The first-order valence-corrected chi connectivity index (χ1v) is 6.94. The Balaban J connectivity index is 2.05. The third-order valence-electron chi connectivity index (χ3n) is 3.79. The molecule has 0 saturated heterocycles. The molecule has 0 fully saturated rings. The van der Waals surface area contributed by atoms with Gasteiger partial charge in [-0.3, -0.25) is 0 Å². The zero-order valence-corrected chi connectivity index (χ0v) is 11.9. The highest BCUT2D eigenvalue weighted by molar-refractivity contribution is 5.90. The molecular formula is C18H13NO3. The van der Waals surface area contributed by atoms with E-state index in [0.717, 1.165) is 27.7 Å². The highest BCUT2D eigenvalue weighted by atomic mass is 16.5. The van der Waals surface area contributed by atoms with Crippen LogP contribution in [-0.2, 0) is 0 Å². The number of hydrogen-bond acceptors (Lipinski definition) is 3. The molecule has 2 aromatic heterocycles. The van der Waals surface area contributed by atoms with Gasteiger partial charge in [-0.05, 0) is 36.4 Å². The Morgan fingerprint density at radius 1 is 1.05 bits per heavy atom. The monoisotopic (exact) mass is 291 g/mol. The van der Waals surface area contributed by atoms with E-state index >= 15 is 0 Å². The van der Waals surface area contributed by atoms with Gasteiger partial charge in [0.15, 0.2) is 0 Å². The number of hydrogen-bond donors (Lipinski definition) is 0. The smallest absolute Gasteiger partial charge is 0.338 e. The van der Waals surface area contributed by atoms with Gasteiger partial charge >= 0.3 is 5.63 Å². The molecule has 4 aromatic rings. The highest BCUT2D eigenvalue weighted by Crippen LogP contribution is 2.27. The molecule has 0 atom stereocenters. The number of nitrogens with zero attached hydrogens (tertiary/aromatic N) is 1. The number of methoxy groups -OCH3 is 1. The summed E-state index contributed by atoms with van der Waals surface area (Å²) >= 11 is 0. The average Bonchev–Trinajstić information content (AvgIpc) is 2.96. The Morgan fingerprint density at radius 3 is 2.77 bits per heavy atom. The van der Waals surface area contributed by atoms with E-state index < -0.39 is 0 Å². The maximum atomic E-state index is 11.8. The molecule has 0 N–H and O–H groups in total. The number of ether oxygens (including phenoxy) is 1. The van der Waals surface area contributed by atoms with Gasteiger partial charge < -0.3 is 13.7 Å². The lowest BCUT2D eigenvalue weighted by molar-refractivity contribution is 0.415. The summed E-state index contributed by atoms with van der Waals surface area (Å²) in [6.07, 6.45) is 1.95. The lowest BCUT2D eigenvalue weighted by Gasteiger charge is -2.08. The van der Waals surface area contributed by atoms with E-state index in [1.807, 2.05) is 53.2 Å². The van der Waals surface area contributed by atoms with E-state index in [1.54, 1.807) is 13.2 Å². The van der Waals surface area contributed by atoms with Gasteiger partial charge in [-0.1, -0.05) is 12.1 Å². The Hall–Kier alpha value is -3.01. The quantitative estimate of drug-likeness (QED) is 0.528. The van der Waals surface area contributed by atoms with Crippen LogP contribution >= 0.6 is 0 Å². The molecule has 4 heteroatoms. The van der Waals surface area contributed by atoms with Gasteiger partial charge in [0.05, 0.1) is 18.3 Å². The predicted molar refractivity (Wildman–Crippen MR) is 85.9 cm³/mol. The van der Waals surface area contributed by atoms with Crippen molar-refractivity contribution < 1.29 is 9.15 Å². The molecule has 0 unspecified atom stereocenters. The average molecular weight is 291 g/mol. The summed E-state index contributed by atoms with van der Waals surface area (Å²) in [5.74, 6) is 0.808. The van der Waals surface area contributed by atoms with Crippen molar-refractivity contribution in [3.63, 3.8) is 0 Å². The van der Waals surface area contributed by atoms with E-state index in [4.69, 9.17) is 9.15 Å². The Kier molecular flexibility index (Phi) is 2.76. The molecule has 4 rings (SSSR count). The zero-order chi connectivity index (χ0) is 15.1. The van der Waals surface area contributed by atoms with Crippen molar-refractivity contribution in [2.45, 2.75) is 0 Å². The van der Waals surface area contributed by atoms with Crippen molar-refractivity contribution in [1.82, 2.24) is 4.57 Å². The molecule has 0 aliphatic heterocycles. The molecule has 2 aromatic carbocycles. The molecule has 0 amide bonds. The molecule has 22 heavy (non-hydrogen) atoms. The van der Waals surface area contributed by atoms with Gasteiger partial charge in [-0.2, -0.15) is 0 Å². The van der Waals surface area contributed by atoms with Crippen molar-refractivity contribution in [2.24, 2.45) is 0 Å². The Morgan fingerprint density at radius 2 is 1.91 bits per heavy atom.